The Bertz CT molecular complexity index is 2580. The summed E-state index contributed by atoms with van der Waals surface area (Å²) in [7, 11) is 2.04. The van der Waals surface area contributed by atoms with E-state index in [-0.39, 0.29) is 67.8 Å². The molecule has 5 aliphatic heterocycles. The molecule has 4 aromatic rings. The van der Waals surface area contributed by atoms with Crippen molar-refractivity contribution in [3.63, 3.8) is 0 Å². The number of carbonyl (C=O) groups excluding carboxylic acids is 5. The van der Waals surface area contributed by atoms with E-state index >= 15 is 0 Å². The Morgan fingerprint density at radius 1 is 0.879 bits per heavy atom. The largest absolute Gasteiger partial charge is 0.491 e. The Balaban J connectivity index is 0.774. The SMILES string of the molecule is CN1C[C@H](OCCOCCOc2ccc3c(c2)C(=O)N(C2CCC(=O)NC2=O)C3=O)C[C@H]1COc1nc2c(c(N3CCN(C(N)=O)[C@@H](CC#N)C3)n1)CCN(c1cccc3ccccc13)C2. The van der Waals surface area contributed by atoms with Gasteiger partial charge in [0.2, 0.25) is 11.8 Å². The van der Waals surface area contributed by atoms with Crippen LogP contribution in [0.4, 0.5) is 16.3 Å². The van der Waals surface area contributed by atoms with Gasteiger partial charge in [0, 0.05) is 61.8 Å². The monoisotopic (exact) mass is 900 g/mol. The summed E-state index contributed by atoms with van der Waals surface area (Å²) in [4.78, 5) is 81.5. The molecule has 3 N–H and O–H groups in total. The van der Waals surface area contributed by atoms with Crippen LogP contribution in [0.5, 0.6) is 11.8 Å². The Hall–Kier alpha value is -6.88. The number of nitrogens with zero attached hydrogens (tertiary/aromatic N) is 8. The third kappa shape index (κ3) is 9.16. The zero-order valence-electron chi connectivity index (χ0n) is 36.7. The van der Waals surface area contributed by atoms with Gasteiger partial charge in [-0.2, -0.15) is 15.2 Å². The van der Waals surface area contributed by atoms with Gasteiger partial charge in [-0.3, -0.25) is 34.3 Å². The summed E-state index contributed by atoms with van der Waals surface area (Å²) < 4.78 is 24.2. The maximum atomic E-state index is 13.1. The van der Waals surface area contributed by atoms with Gasteiger partial charge in [-0.1, -0.05) is 36.4 Å². The smallest absolute Gasteiger partial charge is 0.318 e. The van der Waals surface area contributed by atoms with Crippen molar-refractivity contribution in [2.45, 2.75) is 62.9 Å². The number of nitrogens with two attached hydrogens (primary N) is 1. The number of likely N-dealkylation sites (N-methyl/N-ethyl adjacent to an activating group) is 1. The minimum absolute atomic E-state index is 0.0391. The fourth-order valence-corrected chi connectivity index (χ4v) is 9.67. The highest BCUT2D eigenvalue weighted by Crippen LogP contribution is 2.36. The molecule has 0 spiro atoms. The molecule has 0 aliphatic carbocycles. The van der Waals surface area contributed by atoms with E-state index in [1.54, 1.807) is 11.0 Å². The van der Waals surface area contributed by atoms with Crippen molar-refractivity contribution in [1.29, 1.82) is 5.26 Å². The quantitative estimate of drug-likeness (QED) is 0.129. The molecule has 1 aromatic heterocycles. The number of nitriles is 1. The first kappa shape index (κ1) is 44.3. The molecule has 6 heterocycles. The Morgan fingerprint density at radius 3 is 2.53 bits per heavy atom. The standard InChI is InChI=1S/C47H52N10O9/c1-53-26-33(65-22-20-63-19-21-64-32-9-10-35-37(24-32)45(61)57(44(35)60)40-11-12-41(58)51-43(40)59)23-31(53)28-66-47-50-38-27-54(39-8-4-6-29-5-2-3-7-34(29)39)16-14-36(38)42(52-47)55-17-18-56(46(49)62)30(25-55)13-15-48/h2-10,24,30-31,33,40H,11-14,16-23,25-28H2,1H3,(H2,49,62)(H,51,58,59)/t30-,31-,33+,40?/m0/s1. The van der Waals surface area contributed by atoms with Crippen molar-refractivity contribution >= 4 is 51.9 Å². The molecule has 3 fully saturated rings. The van der Waals surface area contributed by atoms with E-state index in [0.29, 0.717) is 64.7 Å². The molecule has 3 saturated heterocycles. The van der Waals surface area contributed by atoms with Gasteiger partial charge < -0.3 is 39.4 Å². The third-order valence-electron chi connectivity index (χ3n) is 13.1. The highest BCUT2D eigenvalue weighted by molar-refractivity contribution is 6.23. The lowest BCUT2D eigenvalue weighted by Crippen LogP contribution is -2.57. The summed E-state index contributed by atoms with van der Waals surface area (Å²) in [6.07, 6.45) is 1.70. The van der Waals surface area contributed by atoms with E-state index in [2.05, 4.69) is 62.5 Å². The molecule has 4 atom stereocenters. The van der Waals surface area contributed by atoms with E-state index in [1.165, 1.54) is 22.9 Å². The fourth-order valence-electron chi connectivity index (χ4n) is 9.67. The number of imide groups is 2. The number of piperazine rings is 1. The molecule has 66 heavy (non-hydrogen) atoms. The maximum Gasteiger partial charge on any atom is 0.318 e. The van der Waals surface area contributed by atoms with Crippen molar-refractivity contribution in [2.24, 2.45) is 5.73 Å². The molecule has 5 aliphatic rings. The van der Waals surface area contributed by atoms with Gasteiger partial charge in [-0.05, 0) is 56.0 Å². The van der Waals surface area contributed by atoms with E-state index in [9.17, 15) is 29.2 Å². The molecule has 0 saturated carbocycles. The summed E-state index contributed by atoms with van der Waals surface area (Å²) in [6, 6.07) is 19.9. The average molecular weight is 901 g/mol. The summed E-state index contributed by atoms with van der Waals surface area (Å²) in [5, 5.41) is 14.1. The fraction of sp³-hybridized carbons (Fsp3) is 0.447. The number of hydrogen-bond acceptors (Lipinski definition) is 15. The number of fused-ring (bicyclic) bond motifs is 3. The van der Waals surface area contributed by atoms with Gasteiger partial charge in [0.05, 0.1) is 67.8 Å². The van der Waals surface area contributed by atoms with E-state index < -0.39 is 35.7 Å². The number of aromatic nitrogens is 2. The number of urea groups is 1. The highest BCUT2D eigenvalue weighted by Gasteiger charge is 2.45. The van der Waals surface area contributed by atoms with Crippen LogP contribution in [0.3, 0.4) is 0 Å². The first-order valence-electron chi connectivity index (χ1n) is 22.4. The van der Waals surface area contributed by atoms with Crippen LogP contribution in [-0.2, 0) is 32.0 Å². The number of ether oxygens (including phenoxy) is 4. The van der Waals surface area contributed by atoms with Gasteiger partial charge in [-0.15, -0.1) is 0 Å². The maximum absolute atomic E-state index is 13.1. The lowest BCUT2D eigenvalue weighted by molar-refractivity contribution is -0.136. The number of nitrogens with one attached hydrogen (secondary N) is 1. The minimum atomic E-state index is -1.03. The molecular formula is C47H52N10O9. The average Bonchev–Trinajstić information content (AvgIpc) is 3.80. The van der Waals surface area contributed by atoms with Crippen LogP contribution < -0.4 is 30.3 Å². The van der Waals surface area contributed by atoms with Crippen LogP contribution in [-0.4, -0.2) is 151 Å². The number of carbonyl (C=O) groups is 5. The van der Waals surface area contributed by atoms with Gasteiger partial charge in [-0.25, -0.2) is 4.79 Å². The van der Waals surface area contributed by atoms with Gasteiger partial charge in [0.1, 0.15) is 30.8 Å². The second-order valence-electron chi connectivity index (χ2n) is 17.2. The number of likely N-dealkylation sites (tertiary alicyclic amines) is 1. The molecule has 1 unspecified atom stereocenters. The van der Waals surface area contributed by atoms with E-state index in [0.717, 1.165) is 40.6 Å². The van der Waals surface area contributed by atoms with Crippen molar-refractivity contribution in [3.8, 4) is 17.8 Å². The van der Waals surface area contributed by atoms with E-state index in [4.69, 9.17) is 34.6 Å². The number of benzene rings is 3. The summed E-state index contributed by atoms with van der Waals surface area (Å²) in [6.45, 7) is 4.87. The van der Waals surface area contributed by atoms with Gasteiger partial charge in [0.15, 0.2) is 0 Å². The number of primary amides is 1. The lowest BCUT2D eigenvalue weighted by atomic mass is 10.0. The molecule has 19 heteroatoms. The Morgan fingerprint density at radius 2 is 1.70 bits per heavy atom. The third-order valence-corrected chi connectivity index (χ3v) is 13.1. The normalized spacial score (nSPS) is 22.1. The van der Waals surface area contributed by atoms with Gasteiger partial charge in [0.25, 0.3) is 11.8 Å². The molecule has 6 amide bonds. The second kappa shape index (κ2) is 19.3. The molecule has 3 aromatic carbocycles. The number of anilines is 2. The lowest BCUT2D eigenvalue weighted by Gasteiger charge is -2.41. The zero-order valence-corrected chi connectivity index (χ0v) is 36.7. The van der Waals surface area contributed by atoms with Crippen LogP contribution in [0, 0.1) is 11.3 Å². The molecular weight excluding hydrogens is 849 g/mol. The van der Waals surface area contributed by atoms with Gasteiger partial charge >= 0.3 is 12.0 Å². The Kier molecular flexibility index (Phi) is 13.0. The number of rotatable bonds is 15. The van der Waals surface area contributed by atoms with E-state index in [1.807, 2.05) is 13.1 Å². The predicted molar refractivity (Wildman–Crippen MR) is 239 cm³/mol. The van der Waals surface area contributed by atoms with Crippen molar-refractivity contribution in [2.75, 3.05) is 82.6 Å². The number of hydrogen-bond donors (Lipinski definition) is 2. The Labute approximate surface area is 381 Å². The van der Waals surface area contributed by atoms with Crippen molar-refractivity contribution < 1.29 is 42.9 Å². The summed E-state index contributed by atoms with van der Waals surface area (Å²) in [5.41, 5.74) is 9.10. The summed E-state index contributed by atoms with van der Waals surface area (Å²) >= 11 is 0. The zero-order chi connectivity index (χ0) is 45.9. The van der Waals surface area contributed by atoms with Crippen molar-refractivity contribution in [1.82, 2.24) is 30.0 Å². The first-order chi connectivity index (χ1) is 32.1. The highest BCUT2D eigenvalue weighted by atomic mass is 16.5. The molecule has 9 rings (SSSR count). The minimum Gasteiger partial charge on any atom is -0.491 e. The number of amides is 6. The van der Waals surface area contributed by atoms with Crippen molar-refractivity contribution in [3.05, 3.63) is 83.0 Å². The topological polar surface area (TPSA) is 226 Å². The molecule has 19 nitrogen and oxygen atoms in total. The number of piperidine rings is 1. The van der Waals surface area contributed by atoms with Crippen LogP contribution in [0.25, 0.3) is 10.8 Å². The van der Waals surface area contributed by atoms with Crippen LogP contribution in [0.15, 0.2) is 60.7 Å². The molecule has 0 bridgehead atoms. The first-order valence-corrected chi connectivity index (χ1v) is 22.4. The van der Waals surface area contributed by atoms with Crippen LogP contribution in [0.2, 0.25) is 0 Å². The van der Waals surface area contributed by atoms with Crippen LogP contribution in [0.1, 0.15) is 57.7 Å². The predicted octanol–water partition coefficient (Wildman–Crippen LogP) is 2.64. The molecule has 0 radical (unpaired) electrons. The molecule has 344 valence electrons. The second-order valence-corrected chi connectivity index (χ2v) is 17.2. The summed E-state index contributed by atoms with van der Waals surface area (Å²) in [5.74, 6) is -1.11. The van der Waals surface area contributed by atoms with Crippen LogP contribution >= 0.6 is 0 Å².